The zero-order valence-corrected chi connectivity index (χ0v) is 18.5. The van der Waals surface area contributed by atoms with Gasteiger partial charge in [0.2, 0.25) is 0 Å². The molecule has 5 aliphatic carbocycles. The van der Waals surface area contributed by atoms with Gasteiger partial charge in [0.25, 0.3) is 0 Å². The molecular weight excluding hydrogens is 364 g/mol. The molecular formula is C25H36O4. The Bertz CT molecular complexity index is 769. The van der Waals surface area contributed by atoms with Crippen LogP contribution in [0, 0.1) is 39.9 Å². The second-order valence-corrected chi connectivity index (χ2v) is 10.5. The fraction of sp³-hybridized carbons (Fsp3) is 0.800. The van der Waals surface area contributed by atoms with Crippen LogP contribution in [0.4, 0.5) is 0 Å². The van der Waals surface area contributed by atoms with Crippen molar-refractivity contribution in [2.24, 2.45) is 39.9 Å². The molecule has 160 valence electrons. The first-order chi connectivity index (χ1) is 13.7. The Hall–Kier alpha value is -1.45. The number of carbonyl (C=O) groups excluding carboxylic acids is 3. The summed E-state index contributed by atoms with van der Waals surface area (Å²) in [4.78, 5) is 39.4. The van der Waals surface area contributed by atoms with Gasteiger partial charge in [-0.2, -0.15) is 0 Å². The lowest BCUT2D eigenvalue weighted by Gasteiger charge is -2.69. The second kappa shape index (κ2) is 6.78. The number of esters is 1. The Labute approximate surface area is 174 Å². The van der Waals surface area contributed by atoms with E-state index >= 15 is 0 Å². The fourth-order valence-electron chi connectivity index (χ4n) is 8.38. The molecule has 0 aromatic rings. The molecule has 2 bridgehead atoms. The average Bonchev–Trinajstić information content (AvgIpc) is 2.71. The quantitative estimate of drug-likeness (QED) is 0.382. The van der Waals surface area contributed by atoms with Crippen molar-refractivity contribution >= 4 is 17.5 Å². The number of allylic oxidation sites excluding steroid dienone is 1. The minimum absolute atomic E-state index is 0.0119. The van der Waals surface area contributed by atoms with E-state index in [1.807, 2.05) is 0 Å². The molecule has 5 rings (SSSR count). The van der Waals surface area contributed by atoms with Gasteiger partial charge in [-0.15, -0.1) is 0 Å². The highest BCUT2D eigenvalue weighted by Crippen LogP contribution is 2.72. The van der Waals surface area contributed by atoms with Gasteiger partial charge in [-0.1, -0.05) is 40.2 Å². The standard InChI is InChI=1S/C25H36O4/c1-6-23(5)10-8-11-24(7-2)19-13-17-9-12-25(19,21(27)15(17)3)22(28)18(20(23)24)14-29-16(4)26/h17-20H,3,6-14H2,1-2,4-5H3/t17-,18-,19?,20?,23+,24-,25-/m0/s1. The van der Waals surface area contributed by atoms with E-state index in [0.29, 0.717) is 12.0 Å². The van der Waals surface area contributed by atoms with Crippen molar-refractivity contribution in [1.29, 1.82) is 0 Å². The van der Waals surface area contributed by atoms with Crippen LogP contribution in [0.15, 0.2) is 12.2 Å². The van der Waals surface area contributed by atoms with E-state index in [2.05, 4.69) is 27.4 Å². The van der Waals surface area contributed by atoms with E-state index in [0.717, 1.165) is 44.9 Å². The van der Waals surface area contributed by atoms with Crippen LogP contribution in [0.5, 0.6) is 0 Å². The van der Waals surface area contributed by atoms with E-state index in [1.54, 1.807) is 0 Å². The van der Waals surface area contributed by atoms with Crippen LogP contribution in [0.3, 0.4) is 0 Å². The Morgan fingerprint density at radius 1 is 1.17 bits per heavy atom. The number of hydrogen-bond donors (Lipinski definition) is 0. The second-order valence-electron chi connectivity index (χ2n) is 10.5. The predicted molar refractivity (Wildman–Crippen MR) is 111 cm³/mol. The molecule has 0 radical (unpaired) electrons. The highest BCUT2D eigenvalue weighted by atomic mass is 16.5. The van der Waals surface area contributed by atoms with Gasteiger partial charge in [-0.3, -0.25) is 14.4 Å². The highest BCUT2D eigenvalue weighted by molar-refractivity contribution is 6.17. The van der Waals surface area contributed by atoms with E-state index in [4.69, 9.17) is 4.74 Å². The summed E-state index contributed by atoms with van der Waals surface area (Å²) in [6.07, 6.45) is 7.80. The Balaban J connectivity index is 1.91. The first-order valence-corrected chi connectivity index (χ1v) is 11.6. The van der Waals surface area contributed by atoms with Crippen molar-refractivity contribution in [2.45, 2.75) is 79.1 Å². The lowest BCUT2D eigenvalue weighted by molar-refractivity contribution is -0.208. The van der Waals surface area contributed by atoms with Gasteiger partial charge < -0.3 is 4.74 Å². The molecule has 4 heteroatoms. The number of rotatable bonds is 4. The van der Waals surface area contributed by atoms with Crippen molar-refractivity contribution in [3.8, 4) is 0 Å². The largest absolute Gasteiger partial charge is 0.465 e. The van der Waals surface area contributed by atoms with Crippen LogP contribution in [0.2, 0.25) is 0 Å². The predicted octanol–water partition coefficient (Wildman–Crippen LogP) is 4.90. The van der Waals surface area contributed by atoms with Crippen LogP contribution in [0.1, 0.15) is 79.1 Å². The molecule has 0 aromatic carbocycles. The number of fused-ring (bicyclic) bond motifs is 3. The first kappa shape index (κ1) is 20.8. The average molecular weight is 401 g/mol. The summed E-state index contributed by atoms with van der Waals surface area (Å²) in [7, 11) is 0. The van der Waals surface area contributed by atoms with E-state index in [-0.39, 0.29) is 58.6 Å². The summed E-state index contributed by atoms with van der Waals surface area (Å²) in [6, 6.07) is 0. The molecule has 0 N–H and O–H groups in total. The molecule has 5 saturated carbocycles. The molecule has 29 heavy (non-hydrogen) atoms. The molecule has 4 nitrogen and oxygen atoms in total. The molecule has 7 atom stereocenters. The van der Waals surface area contributed by atoms with Gasteiger partial charge in [0.15, 0.2) is 11.6 Å². The van der Waals surface area contributed by atoms with Gasteiger partial charge in [-0.05, 0) is 72.7 Å². The fourth-order valence-corrected chi connectivity index (χ4v) is 8.38. The number of carbonyl (C=O) groups is 3. The maximum absolute atomic E-state index is 14.2. The Morgan fingerprint density at radius 2 is 1.90 bits per heavy atom. The molecule has 0 aliphatic heterocycles. The lowest BCUT2D eigenvalue weighted by atomic mass is 9.33. The molecule has 0 saturated heterocycles. The topological polar surface area (TPSA) is 60.4 Å². The van der Waals surface area contributed by atoms with Crippen molar-refractivity contribution in [3.05, 3.63) is 12.2 Å². The molecule has 1 spiro atoms. The Kier molecular flexibility index (Phi) is 4.87. The van der Waals surface area contributed by atoms with Gasteiger partial charge in [0, 0.05) is 6.92 Å². The van der Waals surface area contributed by atoms with Crippen LogP contribution in [-0.4, -0.2) is 24.1 Å². The normalized spacial score (nSPS) is 46.3. The van der Waals surface area contributed by atoms with Crippen molar-refractivity contribution in [3.63, 3.8) is 0 Å². The van der Waals surface area contributed by atoms with Crippen molar-refractivity contribution in [1.82, 2.24) is 0 Å². The summed E-state index contributed by atoms with van der Waals surface area (Å²) in [5.74, 6) is -0.133. The zero-order valence-electron chi connectivity index (χ0n) is 18.5. The van der Waals surface area contributed by atoms with Crippen LogP contribution >= 0.6 is 0 Å². The van der Waals surface area contributed by atoms with Gasteiger partial charge in [0.05, 0.1) is 11.3 Å². The van der Waals surface area contributed by atoms with E-state index < -0.39 is 5.41 Å². The number of Topliss-reactive ketones (excluding diaryl/α,β-unsaturated/α-hetero) is 2. The van der Waals surface area contributed by atoms with Gasteiger partial charge in [-0.25, -0.2) is 0 Å². The summed E-state index contributed by atoms with van der Waals surface area (Å²) >= 11 is 0. The lowest BCUT2D eigenvalue weighted by Crippen LogP contribution is -2.70. The third-order valence-electron chi connectivity index (χ3n) is 9.76. The van der Waals surface area contributed by atoms with E-state index in [1.165, 1.54) is 6.92 Å². The van der Waals surface area contributed by atoms with Crippen molar-refractivity contribution < 1.29 is 19.1 Å². The number of ketones is 2. The van der Waals surface area contributed by atoms with Crippen LogP contribution in [-0.2, 0) is 19.1 Å². The minimum atomic E-state index is -0.921. The summed E-state index contributed by atoms with van der Waals surface area (Å²) < 4.78 is 5.48. The van der Waals surface area contributed by atoms with Crippen LogP contribution in [0.25, 0.3) is 0 Å². The molecule has 0 aromatic heterocycles. The summed E-state index contributed by atoms with van der Waals surface area (Å²) in [5, 5.41) is 0. The zero-order chi connectivity index (χ0) is 21.2. The molecule has 5 fully saturated rings. The molecule has 0 amide bonds. The van der Waals surface area contributed by atoms with Gasteiger partial charge >= 0.3 is 5.97 Å². The first-order valence-electron chi connectivity index (χ1n) is 11.6. The monoisotopic (exact) mass is 400 g/mol. The highest BCUT2D eigenvalue weighted by Gasteiger charge is 2.73. The maximum Gasteiger partial charge on any atom is 0.302 e. The van der Waals surface area contributed by atoms with Crippen LogP contribution < -0.4 is 0 Å². The number of hydrogen-bond acceptors (Lipinski definition) is 4. The Morgan fingerprint density at radius 3 is 2.52 bits per heavy atom. The smallest absolute Gasteiger partial charge is 0.302 e. The molecule has 5 aliphatic rings. The third-order valence-corrected chi connectivity index (χ3v) is 9.76. The SMILES string of the molecule is C=C1C(=O)[C@]23CC[C@H]1CC2[C@]1(CC)CCC[C@@](C)(CC)C1[C@H](COC(C)=O)C3=O. The van der Waals surface area contributed by atoms with Gasteiger partial charge in [0.1, 0.15) is 6.61 Å². The third kappa shape index (κ3) is 2.53. The summed E-state index contributed by atoms with van der Waals surface area (Å²) in [6.45, 7) is 12.4. The number of ether oxygens (including phenoxy) is 1. The molecule has 0 heterocycles. The van der Waals surface area contributed by atoms with Crippen molar-refractivity contribution in [2.75, 3.05) is 6.61 Å². The molecule has 2 unspecified atom stereocenters. The minimum Gasteiger partial charge on any atom is -0.465 e. The van der Waals surface area contributed by atoms with E-state index in [9.17, 15) is 14.4 Å². The summed E-state index contributed by atoms with van der Waals surface area (Å²) in [5.41, 5.74) is -0.246. The maximum atomic E-state index is 14.2.